The summed E-state index contributed by atoms with van der Waals surface area (Å²) < 4.78 is 4.79. The van der Waals surface area contributed by atoms with Crippen molar-refractivity contribution < 1.29 is 19.1 Å². The number of Topliss-reactive ketones (excluding diaryl/α,β-unsaturated/α-hetero) is 2. The van der Waals surface area contributed by atoms with Gasteiger partial charge in [-0.3, -0.25) is 14.4 Å². The van der Waals surface area contributed by atoms with Crippen molar-refractivity contribution in [3.05, 3.63) is 35.2 Å². The van der Waals surface area contributed by atoms with E-state index in [-0.39, 0.29) is 29.4 Å². The summed E-state index contributed by atoms with van der Waals surface area (Å²) in [4.78, 5) is 47.7. The van der Waals surface area contributed by atoms with Gasteiger partial charge < -0.3 is 14.5 Å². The van der Waals surface area contributed by atoms with Crippen LogP contribution in [0, 0.1) is 0 Å². The van der Waals surface area contributed by atoms with Crippen LogP contribution in [0.5, 0.6) is 0 Å². The maximum absolute atomic E-state index is 12.7. The van der Waals surface area contributed by atoms with Crippen molar-refractivity contribution in [2.24, 2.45) is 0 Å². The van der Waals surface area contributed by atoms with E-state index in [9.17, 15) is 14.4 Å². The summed E-state index contributed by atoms with van der Waals surface area (Å²) in [5.74, 6) is -1.40. The molecule has 8 nitrogen and oxygen atoms in total. The molecule has 1 amide bonds. The van der Waals surface area contributed by atoms with Crippen LogP contribution < -0.4 is 0 Å². The molecule has 0 bridgehead atoms. The van der Waals surface area contributed by atoms with Crippen LogP contribution in [0.1, 0.15) is 21.0 Å². The molecule has 1 aromatic heterocycles. The zero-order chi connectivity index (χ0) is 16.4. The lowest BCUT2D eigenvalue weighted by molar-refractivity contribution is -0.131. The molecule has 8 heteroatoms. The number of allylic oxidation sites excluding steroid dienone is 2. The number of hydrogen-bond acceptors (Lipinski definition) is 7. The highest BCUT2D eigenvalue weighted by Crippen LogP contribution is 2.26. The molecule has 0 spiro atoms. The van der Waals surface area contributed by atoms with Crippen molar-refractivity contribution in [1.29, 1.82) is 0 Å². The molecule has 0 N–H and O–H groups in total. The molecule has 2 rings (SSSR count). The molecule has 1 aliphatic rings. The Morgan fingerprint density at radius 3 is 2.00 bits per heavy atom. The zero-order valence-electron chi connectivity index (χ0n) is 12.8. The largest absolute Gasteiger partial charge is 0.375 e. The number of carbonyl (C=O) groups excluding carboxylic acids is 3. The standard InChI is InChI=1S/C14H16N4O4/c1-17(2)11-12(18(3)8(19)7-22-4)14(21)10-9(13(11)20)15-5-6-16-10/h5-6H,7H2,1-4H3. The highest BCUT2D eigenvalue weighted by molar-refractivity contribution is 6.25. The predicted molar refractivity (Wildman–Crippen MR) is 76.1 cm³/mol. The van der Waals surface area contributed by atoms with Crippen LogP contribution in [0.3, 0.4) is 0 Å². The first-order valence-corrected chi connectivity index (χ1v) is 6.47. The average Bonchev–Trinajstić information content (AvgIpc) is 2.49. The quantitative estimate of drug-likeness (QED) is 0.756. The minimum Gasteiger partial charge on any atom is -0.375 e. The molecule has 0 radical (unpaired) electrons. The first kappa shape index (κ1) is 15.8. The maximum atomic E-state index is 12.7. The van der Waals surface area contributed by atoms with Crippen LogP contribution in [0.2, 0.25) is 0 Å². The van der Waals surface area contributed by atoms with E-state index in [4.69, 9.17) is 4.74 Å². The highest BCUT2D eigenvalue weighted by atomic mass is 16.5. The van der Waals surface area contributed by atoms with Crippen LogP contribution in [-0.4, -0.2) is 72.1 Å². The fraction of sp³-hybridized carbons (Fsp3) is 0.357. The molecule has 22 heavy (non-hydrogen) atoms. The molecular weight excluding hydrogens is 288 g/mol. The molecule has 0 saturated heterocycles. The molecule has 1 heterocycles. The number of methoxy groups -OCH3 is 1. The monoisotopic (exact) mass is 304 g/mol. The predicted octanol–water partition coefficient (Wildman–Crippen LogP) is -0.266. The normalized spacial score (nSPS) is 14.0. The topological polar surface area (TPSA) is 92.7 Å². The molecule has 0 atom stereocenters. The van der Waals surface area contributed by atoms with E-state index in [0.717, 1.165) is 4.90 Å². The van der Waals surface area contributed by atoms with Crippen molar-refractivity contribution in [2.75, 3.05) is 34.9 Å². The van der Waals surface area contributed by atoms with Crippen molar-refractivity contribution in [3.63, 3.8) is 0 Å². The van der Waals surface area contributed by atoms with Gasteiger partial charge in [-0.15, -0.1) is 0 Å². The highest BCUT2D eigenvalue weighted by Gasteiger charge is 2.38. The summed E-state index contributed by atoms with van der Waals surface area (Å²) in [6.45, 7) is -0.199. The van der Waals surface area contributed by atoms with Gasteiger partial charge >= 0.3 is 0 Å². The van der Waals surface area contributed by atoms with E-state index >= 15 is 0 Å². The average molecular weight is 304 g/mol. The van der Waals surface area contributed by atoms with E-state index in [1.54, 1.807) is 14.1 Å². The number of likely N-dealkylation sites (N-methyl/N-ethyl adjacent to an activating group) is 2. The molecule has 0 fully saturated rings. The van der Waals surface area contributed by atoms with Crippen LogP contribution in [0.15, 0.2) is 23.8 Å². The SMILES string of the molecule is COCC(=O)N(C)C1=C(N(C)C)C(=O)c2nccnc2C1=O. The molecule has 116 valence electrons. The van der Waals surface area contributed by atoms with Gasteiger partial charge in [-0.2, -0.15) is 0 Å². The number of carbonyl (C=O) groups is 3. The first-order chi connectivity index (χ1) is 10.4. The van der Waals surface area contributed by atoms with Crippen LogP contribution in [-0.2, 0) is 9.53 Å². The summed E-state index contributed by atoms with van der Waals surface area (Å²) in [5.41, 5.74) is 0.0210. The van der Waals surface area contributed by atoms with Gasteiger partial charge in [-0.1, -0.05) is 0 Å². The van der Waals surface area contributed by atoms with Gasteiger partial charge in [0.1, 0.15) is 29.4 Å². The van der Waals surface area contributed by atoms with Gasteiger partial charge in [0, 0.05) is 40.6 Å². The zero-order valence-corrected chi connectivity index (χ0v) is 12.8. The second-order valence-electron chi connectivity index (χ2n) is 4.89. The number of amides is 1. The Kier molecular flexibility index (Phi) is 4.32. The lowest BCUT2D eigenvalue weighted by atomic mass is 9.97. The van der Waals surface area contributed by atoms with E-state index in [1.165, 1.54) is 31.5 Å². The third kappa shape index (κ3) is 2.48. The number of nitrogens with zero attached hydrogens (tertiary/aromatic N) is 4. The Morgan fingerprint density at radius 2 is 1.55 bits per heavy atom. The smallest absolute Gasteiger partial charge is 0.252 e. The third-order valence-electron chi connectivity index (χ3n) is 3.21. The summed E-state index contributed by atoms with van der Waals surface area (Å²) in [6.07, 6.45) is 2.68. The Bertz CT molecular complexity index is 681. The first-order valence-electron chi connectivity index (χ1n) is 6.47. The van der Waals surface area contributed by atoms with Crippen molar-refractivity contribution >= 4 is 17.5 Å². The van der Waals surface area contributed by atoms with Gasteiger partial charge in [0.2, 0.25) is 11.6 Å². The lowest BCUT2D eigenvalue weighted by Gasteiger charge is -2.29. The number of fused-ring (bicyclic) bond motifs is 1. The summed E-state index contributed by atoms with van der Waals surface area (Å²) >= 11 is 0. The Balaban J connectivity index is 2.61. The van der Waals surface area contributed by atoms with Crippen LogP contribution in [0.25, 0.3) is 0 Å². The number of rotatable bonds is 4. The fourth-order valence-corrected chi connectivity index (χ4v) is 2.18. The number of hydrogen-bond donors (Lipinski definition) is 0. The van der Waals surface area contributed by atoms with Gasteiger partial charge in [-0.05, 0) is 0 Å². The number of aromatic nitrogens is 2. The van der Waals surface area contributed by atoms with Crippen molar-refractivity contribution in [3.8, 4) is 0 Å². The van der Waals surface area contributed by atoms with E-state index in [0.29, 0.717) is 0 Å². The summed E-state index contributed by atoms with van der Waals surface area (Å²) in [5, 5.41) is 0. The van der Waals surface area contributed by atoms with Crippen molar-refractivity contribution in [2.45, 2.75) is 0 Å². The minimum absolute atomic E-state index is 0.00691. The number of ether oxygens (including phenoxy) is 1. The van der Waals surface area contributed by atoms with Gasteiger partial charge in [-0.25, -0.2) is 9.97 Å². The number of ketones is 2. The lowest BCUT2D eigenvalue weighted by Crippen LogP contribution is -2.41. The van der Waals surface area contributed by atoms with E-state index in [2.05, 4.69) is 9.97 Å². The Morgan fingerprint density at radius 1 is 1.05 bits per heavy atom. The van der Waals surface area contributed by atoms with Crippen molar-refractivity contribution in [1.82, 2.24) is 19.8 Å². The molecule has 0 unspecified atom stereocenters. The molecule has 0 aliphatic heterocycles. The molecule has 1 aromatic rings. The molecule has 0 aromatic carbocycles. The maximum Gasteiger partial charge on any atom is 0.252 e. The molecular formula is C14H16N4O4. The van der Waals surface area contributed by atoms with Gasteiger partial charge in [0.15, 0.2) is 0 Å². The van der Waals surface area contributed by atoms with E-state index < -0.39 is 17.5 Å². The third-order valence-corrected chi connectivity index (χ3v) is 3.21. The summed E-state index contributed by atoms with van der Waals surface area (Å²) in [6, 6.07) is 0. The summed E-state index contributed by atoms with van der Waals surface area (Å²) in [7, 11) is 6.04. The van der Waals surface area contributed by atoms with E-state index in [1.807, 2.05) is 0 Å². The minimum atomic E-state index is -0.515. The Labute approximate surface area is 127 Å². The van der Waals surface area contributed by atoms with Gasteiger partial charge in [0.25, 0.3) is 5.91 Å². The van der Waals surface area contributed by atoms with Crippen LogP contribution >= 0.6 is 0 Å². The van der Waals surface area contributed by atoms with Gasteiger partial charge in [0.05, 0.1) is 0 Å². The second kappa shape index (κ2) is 6.02. The molecule has 1 aliphatic carbocycles. The fourth-order valence-electron chi connectivity index (χ4n) is 2.18. The van der Waals surface area contributed by atoms with Crippen LogP contribution in [0.4, 0.5) is 0 Å². The Hall–Kier alpha value is -2.61. The second-order valence-corrected chi connectivity index (χ2v) is 4.89. The molecule has 0 saturated carbocycles.